The molecule has 1 saturated heterocycles. The largest absolute Gasteiger partial charge is 0.324 e. The van der Waals surface area contributed by atoms with Gasteiger partial charge in [0.2, 0.25) is 11.8 Å². The van der Waals surface area contributed by atoms with Gasteiger partial charge in [0.05, 0.1) is 5.41 Å². The first-order valence-electron chi connectivity index (χ1n) is 7.19. The van der Waals surface area contributed by atoms with Crippen LogP contribution in [0.5, 0.6) is 0 Å². The summed E-state index contributed by atoms with van der Waals surface area (Å²) in [5.41, 5.74) is 5.54. The van der Waals surface area contributed by atoms with E-state index in [-0.39, 0.29) is 22.8 Å². The molecule has 2 aliphatic carbocycles. The van der Waals surface area contributed by atoms with Crippen LogP contribution in [0.2, 0.25) is 0 Å². The van der Waals surface area contributed by atoms with Gasteiger partial charge in [-0.25, -0.2) is 0 Å². The van der Waals surface area contributed by atoms with Crippen LogP contribution in [0.3, 0.4) is 0 Å². The summed E-state index contributed by atoms with van der Waals surface area (Å²) in [6, 6.07) is 0. The van der Waals surface area contributed by atoms with Crippen LogP contribution in [0.15, 0.2) is 0 Å². The summed E-state index contributed by atoms with van der Waals surface area (Å²) in [4.78, 5) is 26.2. The third-order valence-corrected chi connectivity index (χ3v) is 5.12. The van der Waals surface area contributed by atoms with Gasteiger partial charge in [0.25, 0.3) is 0 Å². The Labute approximate surface area is 108 Å². The maximum Gasteiger partial charge on any atom is 0.235 e. The molecule has 1 heterocycles. The zero-order chi connectivity index (χ0) is 12.8. The zero-order valence-electron chi connectivity index (χ0n) is 10.9. The number of carbonyl (C=O) groups is 2. The van der Waals surface area contributed by atoms with Crippen LogP contribution in [0.4, 0.5) is 0 Å². The fourth-order valence-electron chi connectivity index (χ4n) is 3.74. The molecule has 2 amide bonds. The molecule has 4 heteroatoms. The van der Waals surface area contributed by atoms with Crippen LogP contribution < -0.4 is 5.73 Å². The van der Waals surface area contributed by atoms with Gasteiger partial charge in [-0.15, -0.1) is 0 Å². The Morgan fingerprint density at radius 1 is 1.00 bits per heavy atom. The lowest BCUT2D eigenvalue weighted by atomic mass is 9.73. The summed E-state index contributed by atoms with van der Waals surface area (Å²) in [5.74, 6) is 0.0857. The fourth-order valence-corrected chi connectivity index (χ4v) is 3.74. The molecule has 0 aromatic heterocycles. The van der Waals surface area contributed by atoms with Crippen LogP contribution in [0.25, 0.3) is 0 Å². The number of rotatable bonds is 2. The third-order valence-electron chi connectivity index (χ3n) is 5.12. The van der Waals surface area contributed by atoms with Crippen molar-refractivity contribution >= 4 is 11.8 Å². The molecule has 3 fully saturated rings. The normalized spacial score (nSPS) is 29.7. The van der Waals surface area contributed by atoms with Crippen LogP contribution in [-0.2, 0) is 9.59 Å². The Morgan fingerprint density at radius 2 is 1.67 bits per heavy atom. The maximum absolute atomic E-state index is 12.6. The average molecular weight is 250 g/mol. The van der Waals surface area contributed by atoms with Crippen molar-refractivity contribution in [3.05, 3.63) is 0 Å². The highest BCUT2D eigenvalue weighted by molar-refractivity contribution is 6.06. The summed E-state index contributed by atoms with van der Waals surface area (Å²) in [6.45, 7) is 0.451. The average Bonchev–Trinajstić information content (AvgIpc) is 2.53. The summed E-state index contributed by atoms with van der Waals surface area (Å²) in [7, 11) is 0. The lowest BCUT2D eigenvalue weighted by molar-refractivity contribution is -0.143. The van der Waals surface area contributed by atoms with E-state index in [1.807, 2.05) is 0 Å². The van der Waals surface area contributed by atoms with Crippen molar-refractivity contribution in [3.8, 4) is 0 Å². The van der Waals surface area contributed by atoms with E-state index in [2.05, 4.69) is 0 Å². The van der Waals surface area contributed by atoms with E-state index in [4.69, 9.17) is 5.73 Å². The van der Waals surface area contributed by atoms with E-state index in [1.165, 1.54) is 11.3 Å². The van der Waals surface area contributed by atoms with Crippen LogP contribution >= 0.6 is 0 Å². The molecule has 100 valence electrons. The number of carbonyl (C=O) groups excluding carboxylic acids is 2. The van der Waals surface area contributed by atoms with E-state index in [9.17, 15) is 9.59 Å². The molecule has 1 spiro atoms. The minimum atomic E-state index is -0.352. The first kappa shape index (κ1) is 12.2. The van der Waals surface area contributed by atoms with Crippen LogP contribution in [0, 0.1) is 5.41 Å². The highest BCUT2D eigenvalue weighted by Gasteiger charge is 2.53. The number of nitrogens with two attached hydrogens (primary N) is 1. The summed E-state index contributed by atoms with van der Waals surface area (Å²) in [5, 5.41) is 0. The van der Waals surface area contributed by atoms with Crippen LogP contribution in [-0.4, -0.2) is 28.8 Å². The quantitative estimate of drug-likeness (QED) is 0.757. The van der Waals surface area contributed by atoms with Gasteiger partial charge in [0.1, 0.15) is 0 Å². The molecule has 0 bridgehead atoms. The maximum atomic E-state index is 12.6. The molecular weight excluding hydrogens is 228 g/mol. The van der Waals surface area contributed by atoms with E-state index < -0.39 is 0 Å². The first-order chi connectivity index (χ1) is 8.55. The second kappa shape index (κ2) is 4.05. The molecule has 2 saturated carbocycles. The molecule has 4 nitrogen and oxygen atoms in total. The second-order valence-corrected chi connectivity index (χ2v) is 6.52. The van der Waals surface area contributed by atoms with E-state index in [1.54, 1.807) is 0 Å². The number of hydrogen-bond acceptors (Lipinski definition) is 3. The monoisotopic (exact) mass is 250 g/mol. The van der Waals surface area contributed by atoms with Crippen molar-refractivity contribution in [2.75, 3.05) is 6.54 Å². The molecule has 0 unspecified atom stereocenters. The van der Waals surface area contributed by atoms with E-state index >= 15 is 0 Å². The fraction of sp³-hybridized carbons (Fsp3) is 0.857. The van der Waals surface area contributed by atoms with Gasteiger partial charge in [-0.2, -0.15) is 0 Å². The van der Waals surface area contributed by atoms with Crippen LogP contribution in [0.1, 0.15) is 57.8 Å². The van der Waals surface area contributed by atoms with Gasteiger partial charge in [-0.05, 0) is 32.1 Å². The van der Waals surface area contributed by atoms with Gasteiger partial charge in [0.15, 0.2) is 0 Å². The minimum absolute atomic E-state index is 0.0126. The molecule has 0 aromatic carbocycles. The van der Waals surface area contributed by atoms with Crippen molar-refractivity contribution < 1.29 is 9.59 Å². The predicted octanol–water partition coefficient (Wildman–Crippen LogP) is 1.58. The van der Waals surface area contributed by atoms with Gasteiger partial charge >= 0.3 is 0 Å². The number of hydrogen-bond donors (Lipinski definition) is 1. The zero-order valence-corrected chi connectivity index (χ0v) is 10.9. The number of amides is 2. The molecular formula is C14H22N2O2. The van der Waals surface area contributed by atoms with Gasteiger partial charge in [-0.3, -0.25) is 14.5 Å². The molecule has 1 aliphatic heterocycles. The molecule has 0 radical (unpaired) electrons. The number of imide groups is 1. The first-order valence-corrected chi connectivity index (χ1v) is 7.19. The molecule has 18 heavy (non-hydrogen) atoms. The molecule has 3 rings (SSSR count). The summed E-state index contributed by atoms with van der Waals surface area (Å²) < 4.78 is 0. The van der Waals surface area contributed by atoms with Crippen molar-refractivity contribution in [3.63, 3.8) is 0 Å². The third kappa shape index (κ3) is 1.78. The predicted molar refractivity (Wildman–Crippen MR) is 67.6 cm³/mol. The second-order valence-electron chi connectivity index (χ2n) is 6.52. The Hall–Kier alpha value is -0.900. The molecule has 0 aromatic rings. The highest BCUT2D eigenvalue weighted by Crippen LogP contribution is 2.46. The van der Waals surface area contributed by atoms with E-state index in [0.717, 1.165) is 44.9 Å². The molecule has 0 atom stereocenters. The Kier molecular flexibility index (Phi) is 2.73. The Balaban J connectivity index is 1.75. The lowest BCUT2D eigenvalue weighted by Gasteiger charge is -2.41. The van der Waals surface area contributed by atoms with Crippen molar-refractivity contribution in [2.45, 2.75) is 63.3 Å². The van der Waals surface area contributed by atoms with Gasteiger partial charge in [-0.1, -0.05) is 19.3 Å². The standard InChI is InChI=1S/C14H22N2O2/c15-14(7-4-8-14)10-16-11(17)9-13(12(16)18)5-2-1-3-6-13/h1-10,15H2. The van der Waals surface area contributed by atoms with Gasteiger partial charge in [0, 0.05) is 18.5 Å². The Bertz CT molecular complexity index is 381. The van der Waals surface area contributed by atoms with Crippen molar-refractivity contribution in [1.29, 1.82) is 0 Å². The topological polar surface area (TPSA) is 63.4 Å². The Morgan fingerprint density at radius 3 is 2.22 bits per heavy atom. The van der Waals surface area contributed by atoms with Crippen molar-refractivity contribution in [1.82, 2.24) is 4.90 Å². The highest BCUT2D eigenvalue weighted by atomic mass is 16.2. The molecule has 2 N–H and O–H groups in total. The number of likely N-dealkylation sites (tertiary alicyclic amines) is 1. The van der Waals surface area contributed by atoms with Gasteiger partial charge < -0.3 is 5.73 Å². The lowest BCUT2D eigenvalue weighted by Crippen LogP contribution is -2.56. The molecule has 3 aliphatic rings. The summed E-state index contributed by atoms with van der Waals surface area (Å²) >= 11 is 0. The number of nitrogens with zero attached hydrogens (tertiary/aromatic N) is 1. The van der Waals surface area contributed by atoms with E-state index in [0.29, 0.717) is 13.0 Å². The van der Waals surface area contributed by atoms with Crippen molar-refractivity contribution in [2.24, 2.45) is 11.1 Å². The smallest absolute Gasteiger partial charge is 0.235 e. The minimum Gasteiger partial charge on any atom is -0.324 e. The SMILES string of the molecule is NC1(CN2C(=O)CC3(CCCCC3)C2=O)CCC1. The summed E-state index contributed by atoms with van der Waals surface area (Å²) in [6.07, 6.45) is 8.59.